The van der Waals surface area contributed by atoms with E-state index in [2.05, 4.69) is 4.98 Å². The van der Waals surface area contributed by atoms with E-state index >= 15 is 0 Å². The van der Waals surface area contributed by atoms with E-state index in [-0.39, 0.29) is 29.8 Å². The average molecular weight is 560 g/mol. The lowest BCUT2D eigenvalue weighted by molar-refractivity contribution is -0.137. The Hall–Kier alpha value is -4.02. The second-order valence-corrected chi connectivity index (χ2v) is 9.53. The summed E-state index contributed by atoms with van der Waals surface area (Å²) < 4.78 is 52.7. The van der Waals surface area contributed by atoms with Crippen LogP contribution in [0, 0.1) is 11.3 Å². The van der Waals surface area contributed by atoms with Crippen LogP contribution in [0.5, 0.6) is 5.75 Å². The standard InChI is InChI=1S/C26H24F3N5O4S/c1-5-19-21(38-11-10-37-4)22(35)32-14-17(8-9-20(32)31-19)34-24(39)33(23(36)25(34,2)3)16-7-6-15(13-30)18(12-16)26(27,28)29/h6-9,12,14H,5,10-11H2,1-4H3. The summed E-state index contributed by atoms with van der Waals surface area (Å²) in [5, 5.41) is 9.03. The lowest BCUT2D eigenvalue weighted by Gasteiger charge is -2.29. The molecule has 39 heavy (non-hydrogen) atoms. The van der Waals surface area contributed by atoms with Gasteiger partial charge in [0.2, 0.25) is 5.75 Å². The fraction of sp³-hybridized carbons (Fsp3) is 0.346. The van der Waals surface area contributed by atoms with Gasteiger partial charge in [0.15, 0.2) is 5.11 Å². The molecule has 0 unspecified atom stereocenters. The van der Waals surface area contributed by atoms with Crippen LogP contribution in [0.1, 0.15) is 37.6 Å². The zero-order chi connectivity index (χ0) is 28.7. The van der Waals surface area contributed by atoms with Gasteiger partial charge in [0.05, 0.1) is 40.9 Å². The maximum atomic E-state index is 13.6. The van der Waals surface area contributed by atoms with Crippen molar-refractivity contribution in [2.75, 3.05) is 30.1 Å². The first kappa shape index (κ1) is 28.0. The molecule has 3 aromatic rings. The summed E-state index contributed by atoms with van der Waals surface area (Å²) in [6.45, 7) is 5.39. The summed E-state index contributed by atoms with van der Waals surface area (Å²) in [5.41, 5.74) is -2.52. The number of pyridine rings is 1. The number of rotatable bonds is 7. The SMILES string of the molecule is CCc1nc2ccc(N3C(=S)N(c4ccc(C#N)c(C(F)(F)F)c4)C(=O)C3(C)C)cn2c(=O)c1OCCOC. The highest BCUT2D eigenvalue weighted by atomic mass is 32.1. The highest BCUT2D eigenvalue weighted by Gasteiger charge is 2.51. The number of carbonyl (C=O) groups is 1. The van der Waals surface area contributed by atoms with Crippen molar-refractivity contribution in [3.8, 4) is 11.8 Å². The van der Waals surface area contributed by atoms with E-state index in [0.29, 0.717) is 23.4 Å². The minimum atomic E-state index is -4.81. The molecule has 204 valence electrons. The molecule has 0 bridgehead atoms. The molecule has 1 fully saturated rings. The molecule has 0 spiro atoms. The van der Waals surface area contributed by atoms with Crippen LogP contribution in [-0.2, 0) is 22.1 Å². The smallest absolute Gasteiger partial charge is 0.417 e. The Morgan fingerprint density at radius 1 is 1.13 bits per heavy atom. The fourth-order valence-electron chi connectivity index (χ4n) is 4.36. The van der Waals surface area contributed by atoms with Gasteiger partial charge in [-0.05, 0) is 62.8 Å². The predicted octanol–water partition coefficient (Wildman–Crippen LogP) is 4.09. The Bertz CT molecular complexity index is 1580. The third-order valence-corrected chi connectivity index (χ3v) is 6.68. The number of amides is 1. The fourth-order valence-corrected chi connectivity index (χ4v) is 4.88. The molecule has 9 nitrogen and oxygen atoms in total. The molecule has 13 heteroatoms. The maximum Gasteiger partial charge on any atom is 0.417 e. The summed E-state index contributed by atoms with van der Waals surface area (Å²) >= 11 is 5.58. The molecule has 0 atom stereocenters. The third kappa shape index (κ3) is 4.81. The first-order valence-electron chi connectivity index (χ1n) is 11.8. The van der Waals surface area contributed by atoms with Crippen molar-refractivity contribution < 1.29 is 27.4 Å². The van der Waals surface area contributed by atoms with Crippen molar-refractivity contribution in [2.24, 2.45) is 0 Å². The zero-order valence-electron chi connectivity index (χ0n) is 21.5. The van der Waals surface area contributed by atoms with Crippen molar-refractivity contribution in [1.29, 1.82) is 5.26 Å². The van der Waals surface area contributed by atoms with Crippen molar-refractivity contribution in [3.63, 3.8) is 0 Å². The highest BCUT2D eigenvalue weighted by Crippen LogP contribution is 2.39. The minimum Gasteiger partial charge on any atom is -0.484 e. The van der Waals surface area contributed by atoms with Crippen LogP contribution < -0.4 is 20.1 Å². The van der Waals surface area contributed by atoms with Crippen LogP contribution in [0.2, 0.25) is 0 Å². The quantitative estimate of drug-likeness (QED) is 0.315. The van der Waals surface area contributed by atoms with Gasteiger partial charge in [-0.15, -0.1) is 0 Å². The van der Waals surface area contributed by atoms with Crippen LogP contribution in [0.25, 0.3) is 5.65 Å². The summed E-state index contributed by atoms with van der Waals surface area (Å²) in [4.78, 5) is 33.8. The van der Waals surface area contributed by atoms with Crippen LogP contribution in [0.4, 0.5) is 24.5 Å². The zero-order valence-corrected chi connectivity index (χ0v) is 22.3. The number of nitrogens with zero attached hydrogens (tertiary/aromatic N) is 5. The molecule has 0 N–H and O–H groups in total. The molecule has 4 rings (SSSR count). The molecule has 1 aliphatic rings. The Labute approximate surface area is 227 Å². The molecule has 0 saturated carbocycles. The molecular formula is C26H24F3N5O4S. The Kier molecular flexibility index (Phi) is 7.38. The Balaban J connectivity index is 1.81. The number of alkyl halides is 3. The molecule has 0 radical (unpaired) electrons. The number of methoxy groups -OCH3 is 1. The van der Waals surface area contributed by atoms with Crippen molar-refractivity contribution >= 4 is 40.3 Å². The van der Waals surface area contributed by atoms with Crippen molar-refractivity contribution in [3.05, 3.63) is 63.7 Å². The topological polar surface area (TPSA) is 100 Å². The highest BCUT2D eigenvalue weighted by molar-refractivity contribution is 7.81. The average Bonchev–Trinajstić information content (AvgIpc) is 3.07. The Morgan fingerprint density at radius 3 is 2.44 bits per heavy atom. The molecule has 2 aromatic heterocycles. The van der Waals surface area contributed by atoms with E-state index in [0.717, 1.165) is 17.0 Å². The number of hydrogen-bond acceptors (Lipinski definition) is 7. The molecule has 1 saturated heterocycles. The number of benzene rings is 1. The number of ether oxygens (including phenoxy) is 2. The number of thiocarbonyl (C=S) groups is 1. The maximum absolute atomic E-state index is 13.6. The van der Waals surface area contributed by atoms with Gasteiger partial charge in [0, 0.05) is 13.3 Å². The van der Waals surface area contributed by atoms with E-state index in [1.807, 2.05) is 6.92 Å². The molecule has 1 amide bonds. The van der Waals surface area contributed by atoms with Gasteiger partial charge in [0.25, 0.3) is 5.91 Å². The number of anilines is 2. The van der Waals surface area contributed by atoms with Gasteiger partial charge >= 0.3 is 11.7 Å². The third-order valence-electron chi connectivity index (χ3n) is 6.32. The molecular weight excluding hydrogens is 535 g/mol. The van der Waals surface area contributed by atoms with E-state index in [1.54, 1.807) is 26.0 Å². The first-order valence-corrected chi connectivity index (χ1v) is 12.2. The van der Waals surface area contributed by atoms with Gasteiger partial charge in [-0.2, -0.15) is 18.4 Å². The number of carbonyl (C=O) groups excluding carboxylic acids is 1. The minimum absolute atomic E-state index is 0.0717. The predicted molar refractivity (Wildman–Crippen MR) is 141 cm³/mol. The van der Waals surface area contributed by atoms with Crippen LogP contribution in [0.15, 0.2) is 41.3 Å². The monoisotopic (exact) mass is 559 g/mol. The van der Waals surface area contributed by atoms with Gasteiger partial charge in [0.1, 0.15) is 17.8 Å². The summed E-state index contributed by atoms with van der Waals surface area (Å²) in [6, 6.07) is 7.70. The molecule has 3 heterocycles. The van der Waals surface area contributed by atoms with E-state index in [1.165, 1.54) is 34.7 Å². The van der Waals surface area contributed by atoms with Crippen LogP contribution in [-0.4, -0.2) is 46.3 Å². The van der Waals surface area contributed by atoms with E-state index in [9.17, 15) is 22.8 Å². The normalized spacial score (nSPS) is 15.2. The molecule has 1 aliphatic heterocycles. The van der Waals surface area contributed by atoms with Gasteiger partial charge in [-0.3, -0.25) is 18.9 Å². The lowest BCUT2D eigenvalue weighted by atomic mass is 10.0. The number of aryl methyl sites for hydroxylation is 1. The Morgan fingerprint density at radius 2 is 1.82 bits per heavy atom. The van der Waals surface area contributed by atoms with E-state index < -0.39 is 34.3 Å². The number of aromatic nitrogens is 2. The molecule has 0 aliphatic carbocycles. The lowest BCUT2D eigenvalue weighted by Crippen LogP contribution is -2.44. The van der Waals surface area contributed by atoms with Crippen LogP contribution >= 0.6 is 12.2 Å². The summed E-state index contributed by atoms with van der Waals surface area (Å²) in [6.07, 6.45) is -2.90. The second-order valence-electron chi connectivity index (χ2n) is 9.16. The summed E-state index contributed by atoms with van der Waals surface area (Å²) in [7, 11) is 1.51. The number of halogens is 3. The first-order chi connectivity index (χ1) is 18.4. The largest absolute Gasteiger partial charge is 0.484 e. The van der Waals surface area contributed by atoms with Crippen LogP contribution in [0.3, 0.4) is 0 Å². The summed E-state index contributed by atoms with van der Waals surface area (Å²) in [5.74, 6) is -0.511. The number of hydrogen-bond donors (Lipinski definition) is 0. The van der Waals surface area contributed by atoms with Gasteiger partial charge in [-0.1, -0.05) is 6.92 Å². The van der Waals surface area contributed by atoms with Gasteiger partial charge < -0.3 is 14.4 Å². The van der Waals surface area contributed by atoms with Crippen molar-refractivity contribution in [1.82, 2.24) is 9.38 Å². The number of nitriles is 1. The van der Waals surface area contributed by atoms with E-state index in [4.69, 9.17) is 27.0 Å². The second kappa shape index (κ2) is 10.3. The van der Waals surface area contributed by atoms with Crippen molar-refractivity contribution in [2.45, 2.75) is 38.9 Å². The molecule has 1 aromatic carbocycles. The van der Waals surface area contributed by atoms with Gasteiger partial charge in [-0.25, -0.2) is 4.98 Å². The number of fused-ring (bicyclic) bond motifs is 1.